The molecule has 8 nitrogen and oxygen atoms in total. The number of sulfonamides is 1. The lowest BCUT2D eigenvalue weighted by atomic mass is 10.1. The fourth-order valence-electron chi connectivity index (χ4n) is 3.79. The number of fused-ring (bicyclic) bond motifs is 1. The predicted molar refractivity (Wildman–Crippen MR) is 131 cm³/mol. The maximum atomic E-state index is 12.9. The lowest BCUT2D eigenvalue weighted by molar-refractivity contribution is 0.102. The summed E-state index contributed by atoms with van der Waals surface area (Å²) in [7, 11) is -3.52. The number of amides is 1. The minimum Gasteiger partial charge on any atom is -0.362 e. The number of benzene rings is 2. The molecule has 0 radical (unpaired) electrons. The first kappa shape index (κ1) is 22.3. The summed E-state index contributed by atoms with van der Waals surface area (Å²) in [5, 5.41) is 4.22. The third kappa shape index (κ3) is 4.33. The van der Waals surface area contributed by atoms with E-state index in [2.05, 4.69) is 15.3 Å². The van der Waals surface area contributed by atoms with Gasteiger partial charge in [-0.15, -0.1) is 0 Å². The Balaban J connectivity index is 1.39. The molecule has 5 rings (SSSR count). The predicted octanol–water partition coefficient (Wildman–Crippen LogP) is 4.33. The van der Waals surface area contributed by atoms with E-state index in [1.54, 1.807) is 54.9 Å². The van der Waals surface area contributed by atoms with Crippen LogP contribution in [-0.2, 0) is 14.8 Å². The molecule has 1 fully saturated rings. The minimum absolute atomic E-state index is 0.235. The highest BCUT2D eigenvalue weighted by atomic mass is 35.5. The minimum atomic E-state index is -3.52. The number of nitrogens with zero attached hydrogens (tertiary/aromatic N) is 3. The van der Waals surface area contributed by atoms with Crippen LogP contribution < -0.4 is 9.62 Å². The van der Waals surface area contributed by atoms with E-state index in [-0.39, 0.29) is 18.4 Å². The molecule has 2 aromatic heterocycles. The van der Waals surface area contributed by atoms with Gasteiger partial charge in [-0.05, 0) is 60.7 Å². The van der Waals surface area contributed by atoms with Crippen molar-refractivity contribution >= 4 is 49.8 Å². The fraction of sp³-hybridized carbons (Fsp3) is 0.125. The molecule has 0 spiro atoms. The van der Waals surface area contributed by atoms with Crippen LogP contribution in [0.1, 0.15) is 10.4 Å². The second-order valence-electron chi connectivity index (χ2n) is 7.64. The van der Waals surface area contributed by atoms with Crippen LogP contribution in [0.15, 0.2) is 73.1 Å². The van der Waals surface area contributed by atoms with Gasteiger partial charge in [-0.25, -0.2) is 8.42 Å². The third-order valence-electron chi connectivity index (χ3n) is 5.43. The molecule has 10 heteroatoms. The van der Waals surface area contributed by atoms with Gasteiger partial charge in [0.1, 0.15) is 0 Å². The number of rotatable bonds is 4. The summed E-state index contributed by atoms with van der Waals surface area (Å²) in [6.45, 7) is 0.557. The molecule has 0 saturated carbocycles. The van der Waals surface area contributed by atoms with Crippen molar-refractivity contribution < 1.29 is 17.9 Å². The van der Waals surface area contributed by atoms with E-state index in [9.17, 15) is 13.2 Å². The van der Waals surface area contributed by atoms with E-state index < -0.39 is 10.0 Å². The van der Waals surface area contributed by atoms with E-state index in [1.807, 2.05) is 18.2 Å². The van der Waals surface area contributed by atoms with Crippen molar-refractivity contribution in [3.63, 3.8) is 0 Å². The molecule has 1 aliphatic rings. The van der Waals surface area contributed by atoms with Crippen molar-refractivity contribution in [2.45, 2.75) is 0 Å². The van der Waals surface area contributed by atoms with Gasteiger partial charge in [0.15, 0.2) is 5.94 Å². The van der Waals surface area contributed by atoms with Crippen molar-refractivity contribution in [3.8, 4) is 11.3 Å². The molecule has 4 aromatic rings. The Kier molecular flexibility index (Phi) is 5.91. The summed E-state index contributed by atoms with van der Waals surface area (Å²) in [6, 6.07) is 17.2. The Morgan fingerprint density at radius 3 is 2.65 bits per heavy atom. The standard InChI is InChI=1S/C24H19ClN4O4S/c25-21-8-5-17(14-20(21)23-19-2-1-10-26-22(19)9-11-27-23)28-24(30)16-3-6-18(7-4-16)29-12-13-33-15-34(29,31)32/h1-11,14H,12-13,15H2,(H,28,30). The SMILES string of the molecule is O=C(Nc1ccc(Cl)c(-c2nccc3ncccc23)c1)c1ccc(N2CCOCS2(=O)=O)cc1. The lowest BCUT2D eigenvalue weighted by Gasteiger charge is -2.28. The Hall–Kier alpha value is -3.53. The summed E-state index contributed by atoms with van der Waals surface area (Å²) in [5.41, 5.74) is 3.56. The van der Waals surface area contributed by atoms with Crippen LogP contribution in [0.25, 0.3) is 22.2 Å². The average molecular weight is 495 g/mol. The number of pyridine rings is 2. The maximum absolute atomic E-state index is 12.9. The molecule has 0 atom stereocenters. The molecule has 0 aliphatic carbocycles. The van der Waals surface area contributed by atoms with Gasteiger partial charge in [-0.2, -0.15) is 0 Å². The van der Waals surface area contributed by atoms with E-state index in [0.717, 1.165) is 10.9 Å². The van der Waals surface area contributed by atoms with Crippen molar-refractivity contribution in [1.29, 1.82) is 0 Å². The van der Waals surface area contributed by atoms with E-state index >= 15 is 0 Å². The number of hydrogen-bond acceptors (Lipinski definition) is 6. The number of aromatic nitrogens is 2. The fourth-order valence-corrected chi connectivity index (χ4v) is 5.25. The number of anilines is 2. The topological polar surface area (TPSA) is 101 Å². The smallest absolute Gasteiger partial charge is 0.259 e. The Bertz CT molecular complexity index is 1490. The second kappa shape index (κ2) is 9.02. The number of halogens is 1. The van der Waals surface area contributed by atoms with Gasteiger partial charge in [-0.3, -0.25) is 19.1 Å². The summed E-state index contributed by atoms with van der Waals surface area (Å²) in [6.07, 6.45) is 3.38. The monoisotopic (exact) mass is 494 g/mol. The van der Waals surface area contributed by atoms with Crippen LogP contribution in [0, 0.1) is 0 Å². The molecule has 1 N–H and O–H groups in total. The number of carbonyl (C=O) groups excluding carboxylic acids is 1. The van der Waals surface area contributed by atoms with Crippen LogP contribution in [0.2, 0.25) is 5.02 Å². The summed E-state index contributed by atoms with van der Waals surface area (Å²) in [4.78, 5) is 21.7. The molecule has 1 saturated heterocycles. The highest BCUT2D eigenvalue weighted by Gasteiger charge is 2.26. The van der Waals surface area contributed by atoms with Gasteiger partial charge in [0.05, 0.1) is 35.1 Å². The molecular formula is C24H19ClN4O4S. The van der Waals surface area contributed by atoms with Gasteiger partial charge in [0.25, 0.3) is 15.9 Å². The quantitative estimate of drug-likeness (QED) is 0.453. The Labute approximate surface area is 201 Å². The molecule has 34 heavy (non-hydrogen) atoms. The zero-order chi connectivity index (χ0) is 23.7. The number of nitrogens with one attached hydrogen (secondary N) is 1. The molecular weight excluding hydrogens is 476 g/mol. The molecule has 0 unspecified atom stereocenters. The zero-order valence-electron chi connectivity index (χ0n) is 17.8. The first-order valence-electron chi connectivity index (χ1n) is 10.4. The molecule has 3 heterocycles. The van der Waals surface area contributed by atoms with Gasteiger partial charge < -0.3 is 10.1 Å². The highest BCUT2D eigenvalue weighted by molar-refractivity contribution is 7.92. The Morgan fingerprint density at radius 1 is 1.03 bits per heavy atom. The zero-order valence-corrected chi connectivity index (χ0v) is 19.4. The first-order chi connectivity index (χ1) is 16.4. The second-order valence-corrected chi connectivity index (χ2v) is 9.88. The normalized spacial score (nSPS) is 15.3. The van der Waals surface area contributed by atoms with Crippen LogP contribution >= 0.6 is 11.6 Å². The highest BCUT2D eigenvalue weighted by Crippen LogP contribution is 2.33. The van der Waals surface area contributed by atoms with E-state index in [1.165, 1.54) is 4.31 Å². The van der Waals surface area contributed by atoms with E-state index in [4.69, 9.17) is 16.3 Å². The average Bonchev–Trinajstić information content (AvgIpc) is 2.85. The molecule has 2 aromatic carbocycles. The number of carbonyl (C=O) groups is 1. The summed E-state index contributed by atoms with van der Waals surface area (Å²) >= 11 is 6.46. The largest absolute Gasteiger partial charge is 0.362 e. The summed E-state index contributed by atoms with van der Waals surface area (Å²) in [5.74, 6) is -0.687. The molecule has 172 valence electrons. The lowest BCUT2D eigenvalue weighted by Crippen LogP contribution is -2.41. The number of ether oxygens (including phenoxy) is 1. The van der Waals surface area contributed by atoms with E-state index in [0.29, 0.717) is 39.8 Å². The summed E-state index contributed by atoms with van der Waals surface area (Å²) < 4.78 is 30.7. The van der Waals surface area contributed by atoms with Gasteiger partial charge in [0.2, 0.25) is 0 Å². The molecule has 1 amide bonds. The van der Waals surface area contributed by atoms with Crippen LogP contribution in [0.5, 0.6) is 0 Å². The molecule has 0 bridgehead atoms. The van der Waals surface area contributed by atoms with Crippen molar-refractivity contribution in [2.24, 2.45) is 0 Å². The van der Waals surface area contributed by atoms with Crippen LogP contribution in [0.3, 0.4) is 0 Å². The maximum Gasteiger partial charge on any atom is 0.259 e. The third-order valence-corrected chi connectivity index (χ3v) is 7.29. The van der Waals surface area contributed by atoms with Crippen molar-refractivity contribution in [2.75, 3.05) is 28.7 Å². The van der Waals surface area contributed by atoms with Gasteiger partial charge in [-0.1, -0.05) is 11.6 Å². The Morgan fingerprint density at radius 2 is 1.85 bits per heavy atom. The van der Waals surface area contributed by atoms with Gasteiger partial charge >= 0.3 is 0 Å². The number of hydrogen-bond donors (Lipinski definition) is 1. The van der Waals surface area contributed by atoms with Crippen molar-refractivity contribution in [3.05, 3.63) is 83.6 Å². The van der Waals surface area contributed by atoms with Crippen molar-refractivity contribution in [1.82, 2.24) is 9.97 Å². The van der Waals surface area contributed by atoms with Crippen LogP contribution in [0.4, 0.5) is 11.4 Å². The van der Waals surface area contributed by atoms with Gasteiger partial charge in [0, 0.05) is 34.6 Å². The molecule has 1 aliphatic heterocycles. The van der Waals surface area contributed by atoms with Crippen LogP contribution in [-0.4, -0.2) is 43.4 Å². The first-order valence-corrected chi connectivity index (χ1v) is 12.4.